The van der Waals surface area contributed by atoms with Crippen molar-refractivity contribution in [3.8, 4) is 0 Å². The lowest BCUT2D eigenvalue weighted by atomic mass is 9.94. The highest BCUT2D eigenvalue weighted by molar-refractivity contribution is 6.05. The van der Waals surface area contributed by atoms with Gasteiger partial charge in [0.2, 0.25) is 0 Å². The Morgan fingerprint density at radius 3 is 2.62 bits per heavy atom. The van der Waals surface area contributed by atoms with Crippen molar-refractivity contribution in [3.05, 3.63) is 58.6 Å². The summed E-state index contributed by atoms with van der Waals surface area (Å²) in [7, 11) is 1.77. The molecule has 8 heteroatoms. The van der Waals surface area contributed by atoms with Gasteiger partial charge in [-0.1, -0.05) is 18.6 Å². The van der Waals surface area contributed by atoms with Crippen LogP contribution in [0.2, 0.25) is 0 Å². The van der Waals surface area contributed by atoms with Gasteiger partial charge in [0.25, 0.3) is 5.91 Å². The second-order valence-electron chi connectivity index (χ2n) is 11.3. The Morgan fingerprint density at radius 2 is 1.95 bits per heavy atom. The number of hydrogen-bond donors (Lipinski definition) is 2. The first-order valence-corrected chi connectivity index (χ1v) is 14.9. The van der Waals surface area contributed by atoms with Crippen LogP contribution in [0.5, 0.6) is 0 Å². The number of nitrogens with one attached hydrogen (secondary N) is 1. The number of amidine groups is 1. The molecule has 3 N–H and O–H groups in total. The van der Waals surface area contributed by atoms with E-state index in [4.69, 9.17) is 10.7 Å². The summed E-state index contributed by atoms with van der Waals surface area (Å²) in [6, 6.07) is 4.62. The molecule has 7 nitrogen and oxygen atoms in total. The molecule has 2 fully saturated rings. The van der Waals surface area contributed by atoms with E-state index in [1.807, 2.05) is 17.9 Å². The average Bonchev–Trinajstić information content (AvgIpc) is 3.37. The summed E-state index contributed by atoms with van der Waals surface area (Å²) in [5, 5.41) is 3.41. The number of benzene rings is 1. The molecule has 0 aromatic heterocycles. The molecule has 1 aromatic carbocycles. The highest BCUT2D eigenvalue weighted by Crippen LogP contribution is 2.25. The van der Waals surface area contributed by atoms with Gasteiger partial charge >= 0.3 is 0 Å². The maximum atomic E-state index is 14.4. The van der Waals surface area contributed by atoms with E-state index < -0.39 is 0 Å². The Bertz CT molecular complexity index is 1120. The van der Waals surface area contributed by atoms with Crippen molar-refractivity contribution in [2.24, 2.45) is 15.7 Å². The van der Waals surface area contributed by atoms with E-state index in [2.05, 4.69) is 42.1 Å². The molecule has 0 spiro atoms. The van der Waals surface area contributed by atoms with E-state index in [0.29, 0.717) is 12.1 Å². The van der Waals surface area contributed by atoms with Gasteiger partial charge in [0.1, 0.15) is 11.7 Å². The molecule has 0 aliphatic carbocycles. The number of piperidine rings is 1. The van der Waals surface area contributed by atoms with Crippen LogP contribution in [-0.2, 0) is 6.42 Å². The molecule has 40 heavy (non-hydrogen) atoms. The maximum Gasteiger partial charge on any atom is 0.254 e. The van der Waals surface area contributed by atoms with Gasteiger partial charge in [-0.15, -0.1) is 0 Å². The number of nitrogens with zero attached hydrogens (tertiary/aromatic N) is 4. The third kappa shape index (κ3) is 9.10. The molecule has 2 saturated heterocycles. The summed E-state index contributed by atoms with van der Waals surface area (Å²) in [6.45, 7) is 12.4. The van der Waals surface area contributed by atoms with Crippen molar-refractivity contribution < 1.29 is 9.18 Å². The topological polar surface area (TPSA) is 86.3 Å². The Hall–Kier alpha value is -2.84. The minimum Gasteiger partial charge on any atom is -0.355 e. The van der Waals surface area contributed by atoms with E-state index in [-0.39, 0.29) is 23.8 Å². The zero-order valence-electron chi connectivity index (χ0n) is 25.2. The molecule has 3 rings (SSSR count). The van der Waals surface area contributed by atoms with E-state index in [1.165, 1.54) is 17.7 Å². The third-order valence-corrected chi connectivity index (χ3v) is 7.51. The summed E-state index contributed by atoms with van der Waals surface area (Å²) < 4.78 is 14.4. The van der Waals surface area contributed by atoms with Crippen LogP contribution in [0.1, 0.15) is 82.1 Å². The number of allylic oxidation sites excluding steroid dienone is 2. The van der Waals surface area contributed by atoms with Gasteiger partial charge in [0.05, 0.1) is 11.8 Å². The highest BCUT2D eigenvalue weighted by atomic mass is 19.1. The molecule has 2 aliphatic rings. The van der Waals surface area contributed by atoms with Crippen LogP contribution >= 0.6 is 0 Å². The standard InChI is InChI=1S/C32H49FN6O/c1-6-15-36-16-9-10-25-12-13-26(33)21-28(25)32(40)39-17-8-7-11-30(39)29(35-5)20-24(4)37-31(19-23(2)3)38-18-14-27(34)22-38/h12-13,19-21,27,30,36H,6-11,14-18,22,34H2,1-5H3/b24-20+,35-29+,37-31+/t27-,30?/m0/s1. The number of amides is 1. The number of rotatable bonds is 11. The molecule has 1 aromatic rings. The lowest BCUT2D eigenvalue weighted by Crippen LogP contribution is -2.48. The molecule has 1 unspecified atom stereocenters. The average molecular weight is 553 g/mol. The van der Waals surface area contributed by atoms with Crippen LogP contribution < -0.4 is 11.1 Å². The Morgan fingerprint density at radius 1 is 1.15 bits per heavy atom. The largest absolute Gasteiger partial charge is 0.355 e. The molecular weight excluding hydrogens is 503 g/mol. The van der Waals surface area contributed by atoms with Gasteiger partial charge in [-0.3, -0.25) is 9.79 Å². The highest BCUT2D eigenvalue weighted by Gasteiger charge is 2.31. The second-order valence-corrected chi connectivity index (χ2v) is 11.3. The molecule has 2 heterocycles. The lowest BCUT2D eigenvalue weighted by Gasteiger charge is -2.36. The van der Waals surface area contributed by atoms with Gasteiger partial charge in [-0.25, -0.2) is 9.38 Å². The number of aliphatic imine (C=N–C) groups is 2. The minimum absolute atomic E-state index is 0.118. The summed E-state index contributed by atoms with van der Waals surface area (Å²) in [5.41, 5.74) is 10.4. The van der Waals surface area contributed by atoms with Crippen LogP contribution in [0.25, 0.3) is 0 Å². The van der Waals surface area contributed by atoms with Crippen molar-refractivity contribution in [3.63, 3.8) is 0 Å². The SMILES string of the molecule is CCCNCCCc1ccc(F)cc1C(=O)N1CCCCC1C(/C=C(C)/N=C(\C=C(C)C)N1CC[C@H](N)C1)=N/C. The van der Waals surface area contributed by atoms with Gasteiger partial charge in [0, 0.05) is 44.0 Å². The summed E-state index contributed by atoms with van der Waals surface area (Å²) in [4.78, 5) is 27.6. The molecule has 0 radical (unpaired) electrons. The number of hydrogen-bond acceptors (Lipinski definition) is 5. The van der Waals surface area contributed by atoms with Crippen molar-refractivity contribution in [2.45, 2.75) is 84.7 Å². The quantitative estimate of drug-likeness (QED) is 0.227. The number of nitrogens with two attached hydrogens (primary N) is 1. The number of likely N-dealkylation sites (tertiary alicyclic amines) is 2. The summed E-state index contributed by atoms with van der Waals surface area (Å²) >= 11 is 0. The second kappa shape index (κ2) is 15.8. The molecule has 2 atom stereocenters. The fourth-order valence-corrected chi connectivity index (χ4v) is 5.49. The monoisotopic (exact) mass is 552 g/mol. The fraction of sp³-hybridized carbons (Fsp3) is 0.594. The van der Waals surface area contributed by atoms with Gasteiger partial charge in [-0.05, 0) is 109 Å². The molecular formula is C32H49FN6O. The van der Waals surface area contributed by atoms with Crippen LogP contribution in [0.15, 0.2) is 51.6 Å². The zero-order valence-corrected chi connectivity index (χ0v) is 25.2. The van der Waals surface area contributed by atoms with E-state index >= 15 is 0 Å². The minimum atomic E-state index is -0.382. The molecule has 220 valence electrons. The van der Waals surface area contributed by atoms with E-state index in [1.54, 1.807) is 13.1 Å². The van der Waals surface area contributed by atoms with Crippen LogP contribution in [0.4, 0.5) is 4.39 Å². The molecule has 1 amide bonds. The number of carbonyl (C=O) groups excluding carboxylic acids is 1. The predicted octanol–water partition coefficient (Wildman–Crippen LogP) is 5.12. The first-order valence-electron chi connectivity index (χ1n) is 14.9. The van der Waals surface area contributed by atoms with E-state index in [0.717, 1.165) is 93.9 Å². The molecule has 2 aliphatic heterocycles. The molecule has 0 bridgehead atoms. The number of aryl methyl sites for hydroxylation is 1. The summed E-state index contributed by atoms with van der Waals surface area (Å²) in [5.74, 6) is 0.409. The van der Waals surface area contributed by atoms with Crippen LogP contribution in [-0.4, -0.2) is 79.1 Å². The Kier molecular flexibility index (Phi) is 12.5. The van der Waals surface area contributed by atoms with E-state index in [9.17, 15) is 9.18 Å². The summed E-state index contributed by atoms with van der Waals surface area (Å²) in [6.07, 6.45) is 10.5. The van der Waals surface area contributed by atoms with Gasteiger partial charge < -0.3 is 20.9 Å². The van der Waals surface area contributed by atoms with Crippen molar-refractivity contribution in [1.82, 2.24) is 15.1 Å². The first-order chi connectivity index (χ1) is 19.2. The number of halogens is 1. The van der Waals surface area contributed by atoms with Crippen molar-refractivity contribution >= 4 is 17.5 Å². The first kappa shape index (κ1) is 31.7. The van der Waals surface area contributed by atoms with Crippen LogP contribution in [0.3, 0.4) is 0 Å². The fourth-order valence-electron chi connectivity index (χ4n) is 5.49. The zero-order chi connectivity index (χ0) is 29.1. The maximum absolute atomic E-state index is 14.4. The smallest absolute Gasteiger partial charge is 0.254 e. The molecule has 0 saturated carbocycles. The predicted molar refractivity (Wildman–Crippen MR) is 165 cm³/mol. The number of carbonyl (C=O) groups is 1. The normalized spacial score (nSPS) is 20.7. The Balaban J connectivity index is 1.85. The Labute approximate surface area is 240 Å². The van der Waals surface area contributed by atoms with Gasteiger partial charge in [0.15, 0.2) is 0 Å². The van der Waals surface area contributed by atoms with Crippen molar-refractivity contribution in [1.29, 1.82) is 0 Å². The van der Waals surface area contributed by atoms with Crippen molar-refractivity contribution in [2.75, 3.05) is 39.8 Å². The van der Waals surface area contributed by atoms with Gasteiger partial charge in [-0.2, -0.15) is 0 Å². The lowest BCUT2D eigenvalue weighted by molar-refractivity contribution is 0.0679. The third-order valence-electron chi connectivity index (χ3n) is 7.51. The van der Waals surface area contributed by atoms with Crippen LogP contribution in [0, 0.1) is 5.82 Å².